The quantitative estimate of drug-likeness (QED) is 0.564. The highest BCUT2D eigenvalue weighted by atomic mass is 32.2. The van der Waals surface area contributed by atoms with Gasteiger partial charge in [-0.3, -0.25) is 0 Å². The number of hydrogen-bond donors (Lipinski definition) is 0. The van der Waals surface area contributed by atoms with Crippen LogP contribution in [0.25, 0.3) is 0 Å². The van der Waals surface area contributed by atoms with Gasteiger partial charge < -0.3 is 0 Å². The van der Waals surface area contributed by atoms with E-state index in [0.717, 1.165) is 0 Å². The minimum absolute atomic E-state index is 0.537. The van der Waals surface area contributed by atoms with Crippen molar-refractivity contribution in [3.8, 4) is 0 Å². The fourth-order valence-corrected chi connectivity index (χ4v) is 1.65. The molecule has 0 aliphatic heterocycles. The van der Waals surface area contributed by atoms with E-state index in [1.807, 2.05) is 23.5 Å². The first kappa shape index (κ1) is 8.70. The van der Waals surface area contributed by atoms with Gasteiger partial charge >= 0.3 is 0 Å². The lowest BCUT2D eigenvalue weighted by Gasteiger charge is -2.04. The van der Waals surface area contributed by atoms with Crippen LogP contribution in [-0.4, -0.2) is 16.6 Å². The zero-order valence-electron chi connectivity index (χ0n) is 5.52. The van der Waals surface area contributed by atoms with Gasteiger partial charge in [0, 0.05) is 4.58 Å². The van der Waals surface area contributed by atoms with Gasteiger partial charge in [-0.2, -0.15) is 11.8 Å². The highest BCUT2D eigenvalue weighted by Crippen LogP contribution is 2.19. The molecular formula is C6H13S2. The topological polar surface area (TPSA) is 0 Å². The van der Waals surface area contributed by atoms with Crippen LogP contribution in [0.15, 0.2) is 0 Å². The maximum absolute atomic E-state index is 3.92. The molecule has 0 aromatic heterocycles. The summed E-state index contributed by atoms with van der Waals surface area (Å²) in [4.78, 5) is 0. The predicted molar refractivity (Wildman–Crippen MR) is 45.4 cm³/mol. The van der Waals surface area contributed by atoms with E-state index in [4.69, 9.17) is 0 Å². The molecule has 49 valence electrons. The van der Waals surface area contributed by atoms with Crippen molar-refractivity contribution in [1.29, 1.82) is 0 Å². The smallest absolute Gasteiger partial charge is 0.0500 e. The van der Waals surface area contributed by atoms with E-state index in [9.17, 15) is 0 Å². The molecule has 1 unspecified atom stereocenters. The molecule has 0 nitrogen and oxygen atoms in total. The van der Waals surface area contributed by atoms with Crippen LogP contribution in [0.5, 0.6) is 0 Å². The number of hydrogen-bond acceptors (Lipinski definition) is 2. The van der Waals surface area contributed by atoms with Gasteiger partial charge in [-0.1, -0.05) is 6.92 Å². The van der Waals surface area contributed by atoms with Crippen molar-refractivity contribution in [3.63, 3.8) is 0 Å². The highest BCUT2D eigenvalue weighted by molar-refractivity contribution is 8.16. The van der Waals surface area contributed by atoms with Gasteiger partial charge in [0.2, 0.25) is 0 Å². The average molecular weight is 149 g/mol. The molecule has 0 aromatic rings. The van der Waals surface area contributed by atoms with Crippen LogP contribution < -0.4 is 0 Å². The molecule has 0 heterocycles. The Morgan fingerprint density at radius 1 is 1.62 bits per heavy atom. The number of thioether (sulfide) groups is 2. The SMILES string of the molecule is [CH2]C(SC)SCCC. The predicted octanol–water partition coefficient (Wildman–Crippen LogP) is 2.65. The van der Waals surface area contributed by atoms with E-state index in [0.29, 0.717) is 4.58 Å². The molecule has 0 saturated carbocycles. The lowest BCUT2D eigenvalue weighted by molar-refractivity contribution is 1.11. The Labute approximate surface area is 60.8 Å². The highest BCUT2D eigenvalue weighted by Gasteiger charge is 1.95. The van der Waals surface area contributed by atoms with Gasteiger partial charge in [-0.15, -0.1) is 11.8 Å². The van der Waals surface area contributed by atoms with Crippen LogP contribution in [0, 0.1) is 6.92 Å². The van der Waals surface area contributed by atoms with Crippen LogP contribution in [0.2, 0.25) is 0 Å². The largest absolute Gasteiger partial charge is 0.151 e. The Hall–Kier alpha value is 0.700. The van der Waals surface area contributed by atoms with Crippen molar-refractivity contribution >= 4 is 23.5 Å². The summed E-state index contributed by atoms with van der Waals surface area (Å²) < 4.78 is 0.537. The molecule has 0 amide bonds. The molecule has 1 atom stereocenters. The molecule has 0 bridgehead atoms. The Kier molecular flexibility index (Phi) is 6.34. The Morgan fingerprint density at radius 3 is 2.62 bits per heavy atom. The first-order valence-electron chi connectivity index (χ1n) is 2.78. The second-order valence-corrected chi connectivity index (χ2v) is 4.19. The van der Waals surface area contributed by atoms with Gasteiger partial charge in [0.25, 0.3) is 0 Å². The zero-order chi connectivity index (χ0) is 6.41. The van der Waals surface area contributed by atoms with Crippen molar-refractivity contribution in [2.75, 3.05) is 12.0 Å². The maximum atomic E-state index is 3.92. The zero-order valence-corrected chi connectivity index (χ0v) is 7.15. The minimum Gasteiger partial charge on any atom is -0.151 e. The molecular weight excluding hydrogens is 136 g/mol. The summed E-state index contributed by atoms with van der Waals surface area (Å²) in [5.74, 6) is 1.25. The Balaban J connectivity index is 2.86. The lowest BCUT2D eigenvalue weighted by Crippen LogP contribution is -1.88. The summed E-state index contributed by atoms with van der Waals surface area (Å²) in [6.07, 6.45) is 3.36. The second kappa shape index (κ2) is 5.83. The summed E-state index contributed by atoms with van der Waals surface area (Å²) in [7, 11) is 0. The molecule has 0 aliphatic carbocycles. The van der Waals surface area contributed by atoms with E-state index >= 15 is 0 Å². The van der Waals surface area contributed by atoms with Crippen molar-refractivity contribution in [3.05, 3.63) is 6.92 Å². The fraction of sp³-hybridized carbons (Fsp3) is 0.833. The van der Waals surface area contributed by atoms with Crippen LogP contribution in [-0.2, 0) is 0 Å². The third-order valence-corrected chi connectivity index (χ3v) is 3.30. The maximum Gasteiger partial charge on any atom is 0.0500 e. The molecule has 0 aromatic carbocycles. The van der Waals surface area contributed by atoms with Crippen LogP contribution in [0.3, 0.4) is 0 Å². The minimum atomic E-state index is 0.537. The van der Waals surface area contributed by atoms with Crippen molar-refractivity contribution in [2.45, 2.75) is 17.9 Å². The van der Waals surface area contributed by atoms with Crippen molar-refractivity contribution < 1.29 is 0 Å². The molecule has 0 fully saturated rings. The van der Waals surface area contributed by atoms with E-state index in [-0.39, 0.29) is 0 Å². The van der Waals surface area contributed by atoms with Crippen LogP contribution >= 0.6 is 23.5 Å². The molecule has 1 radical (unpaired) electrons. The van der Waals surface area contributed by atoms with E-state index in [1.54, 1.807) is 0 Å². The van der Waals surface area contributed by atoms with E-state index in [1.165, 1.54) is 12.2 Å². The monoisotopic (exact) mass is 149 g/mol. The summed E-state index contributed by atoms with van der Waals surface area (Å²) in [5, 5.41) is 0. The first-order chi connectivity index (χ1) is 3.81. The molecule has 0 aliphatic rings. The van der Waals surface area contributed by atoms with Crippen LogP contribution in [0.1, 0.15) is 13.3 Å². The first-order valence-corrected chi connectivity index (χ1v) is 5.12. The van der Waals surface area contributed by atoms with Crippen molar-refractivity contribution in [2.24, 2.45) is 0 Å². The third-order valence-electron chi connectivity index (χ3n) is 0.771. The van der Waals surface area contributed by atoms with Gasteiger partial charge in [0.05, 0.1) is 0 Å². The molecule has 0 spiro atoms. The van der Waals surface area contributed by atoms with Gasteiger partial charge in [0.1, 0.15) is 0 Å². The van der Waals surface area contributed by atoms with Crippen LogP contribution in [0.4, 0.5) is 0 Å². The normalized spacial score (nSPS) is 13.9. The Morgan fingerprint density at radius 2 is 2.25 bits per heavy atom. The lowest BCUT2D eigenvalue weighted by atomic mass is 10.6. The van der Waals surface area contributed by atoms with E-state index < -0.39 is 0 Å². The molecule has 8 heavy (non-hydrogen) atoms. The molecule has 0 rings (SSSR count). The summed E-state index contributed by atoms with van der Waals surface area (Å²) in [5.41, 5.74) is 0. The third kappa shape index (κ3) is 4.85. The van der Waals surface area contributed by atoms with E-state index in [2.05, 4.69) is 20.1 Å². The molecule has 0 N–H and O–H groups in total. The fourth-order valence-electron chi connectivity index (χ4n) is 0.317. The summed E-state index contributed by atoms with van der Waals surface area (Å²) in [6, 6.07) is 0. The van der Waals surface area contributed by atoms with Gasteiger partial charge in [-0.25, -0.2) is 0 Å². The van der Waals surface area contributed by atoms with Gasteiger partial charge in [0.15, 0.2) is 0 Å². The standard InChI is InChI=1S/C6H13S2/c1-4-5-8-6(2)7-3/h6H,2,4-5H2,1,3H3. The Bertz CT molecular complexity index is 45.8. The molecule has 0 saturated heterocycles. The van der Waals surface area contributed by atoms with Crippen molar-refractivity contribution in [1.82, 2.24) is 0 Å². The second-order valence-electron chi connectivity index (χ2n) is 1.54. The number of rotatable bonds is 4. The summed E-state index contributed by atoms with van der Waals surface area (Å²) in [6.45, 7) is 6.11. The van der Waals surface area contributed by atoms with Gasteiger partial charge in [-0.05, 0) is 25.4 Å². The molecule has 2 heteroatoms. The average Bonchev–Trinajstić information content (AvgIpc) is 1.83. The summed E-state index contributed by atoms with van der Waals surface area (Å²) >= 11 is 3.74.